The zero-order valence-electron chi connectivity index (χ0n) is 9.19. The average molecular weight is 214 g/mol. The first-order valence-corrected chi connectivity index (χ1v) is 5.23. The molecule has 2 atom stereocenters. The quantitative estimate of drug-likeness (QED) is 0.653. The number of carbonyl (C=O) groups is 2. The molecule has 86 valence electrons. The second kappa shape index (κ2) is 5.11. The topological polar surface area (TPSA) is 69.6 Å². The fraction of sp³-hybridized carbons (Fsp3) is 0.800. The summed E-state index contributed by atoms with van der Waals surface area (Å²) in [4.78, 5) is 24.4. The van der Waals surface area contributed by atoms with Crippen molar-refractivity contribution in [2.75, 3.05) is 20.2 Å². The van der Waals surface area contributed by atoms with Gasteiger partial charge in [0.1, 0.15) is 0 Å². The van der Waals surface area contributed by atoms with Gasteiger partial charge < -0.3 is 15.3 Å². The van der Waals surface area contributed by atoms with Crippen molar-refractivity contribution in [3.8, 4) is 0 Å². The van der Waals surface area contributed by atoms with Crippen LogP contribution in [0.25, 0.3) is 0 Å². The summed E-state index contributed by atoms with van der Waals surface area (Å²) in [6.07, 6.45) is 0.975. The summed E-state index contributed by atoms with van der Waals surface area (Å²) < 4.78 is 0. The smallest absolute Gasteiger partial charge is 0.225 e. The van der Waals surface area contributed by atoms with E-state index in [0.717, 1.165) is 0 Å². The molecule has 0 aromatic rings. The standard InChI is InChI=1S/C10H18N2O3/c1-3-8(6-13)11-10(15)7-4-9(14)12(2)5-7/h7-8,13H,3-6H2,1-2H3,(H,11,15). The van der Waals surface area contributed by atoms with Crippen LogP contribution >= 0.6 is 0 Å². The molecular weight excluding hydrogens is 196 g/mol. The van der Waals surface area contributed by atoms with Gasteiger partial charge in [0.2, 0.25) is 11.8 Å². The molecule has 2 amide bonds. The lowest BCUT2D eigenvalue weighted by molar-refractivity contribution is -0.128. The van der Waals surface area contributed by atoms with Gasteiger partial charge in [0, 0.05) is 20.0 Å². The van der Waals surface area contributed by atoms with Crippen molar-refractivity contribution in [3.05, 3.63) is 0 Å². The summed E-state index contributed by atoms with van der Waals surface area (Å²) in [5, 5.41) is 11.7. The van der Waals surface area contributed by atoms with E-state index in [1.165, 1.54) is 0 Å². The predicted molar refractivity (Wildman–Crippen MR) is 55.1 cm³/mol. The van der Waals surface area contributed by atoms with Crippen LogP contribution < -0.4 is 5.32 Å². The highest BCUT2D eigenvalue weighted by molar-refractivity contribution is 5.89. The van der Waals surface area contributed by atoms with Gasteiger partial charge in [0.25, 0.3) is 0 Å². The van der Waals surface area contributed by atoms with Gasteiger partial charge >= 0.3 is 0 Å². The number of hydrogen-bond acceptors (Lipinski definition) is 3. The average Bonchev–Trinajstić information content (AvgIpc) is 2.55. The van der Waals surface area contributed by atoms with E-state index in [-0.39, 0.29) is 36.8 Å². The van der Waals surface area contributed by atoms with Crippen LogP contribution in [0.4, 0.5) is 0 Å². The number of aliphatic hydroxyl groups is 1. The third kappa shape index (κ3) is 2.92. The lowest BCUT2D eigenvalue weighted by Gasteiger charge is -2.16. The van der Waals surface area contributed by atoms with E-state index in [2.05, 4.69) is 5.32 Å². The molecule has 2 unspecified atom stereocenters. The first-order valence-electron chi connectivity index (χ1n) is 5.23. The van der Waals surface area contributed by atoms with Crippen LogP contribution in [-0.2, 0) is 9.59 Å². The Labute approximate surface area is 89.4 Å². The maximum atomic E-state index is 11.7. The van der Waals surface area contributed by atoms with Gasteiger partial charge in [-0.3, -0.25) is 9.59 Å². The number of amides is 2. The Hall–Kier alpha value is -1.10. The Morgan fingerprint density at radius 1 is 1.73 bits per heavy atom. The molecule has 0 aromatic carbocycles. The molecule has 0 saturated carbocycles. The zero-order valence-corrected chi connectivity index (χ0v) is 9.19. The van der Waals surface area contributed by atoms with Crippen molar-refractivity contribution in [1.29, 1.82) is 0 Å². The largest absolute Gasteiger partial charge is 0.394 e. The Balaban J connectivity index is 2.44. The van der Waals surface area contributed by atoms with Crippen molar-refractivity contribution < 1.29 is 14.7 Å². The maximum Gasteiger partial charge on any atom is 0.225 e. The molecule has 1 fully saturated rings. The highest BCUT2D eigenvalue weighted by atomic mass is 16.3. The van der Waals surface area contributed by atoms with E-state index in [1.54, 1.807) is 11.9 Å². The van der Waals surface area contributed by atoms with Gasteiger partial charge in [-0.15, -0.1) is 0 Å². The fourth-order valence-corrected chi connectivity index (χ4v) is 1.64. The molecule has 0 bridgehead atoms. The lowest BCUT2D eigenvalue weighted by Crippen LogP contribution is -2.41. The minimum absolute atomic E-state index is 0.00666. The molecule has 1 aliphatic heterocycles. The van der Waals surface area contributed by atoms with E-state index in [1.807, 2.05) is 6.92 Å². The third-order valence-corrected chi connectivity index (χ3v) is 2.77. The minimum atomic E-state index is -0.261. The molecular formula is C10H18N2O3. The summed E-state index contributed by atoms with van der Waals surface area (Å²) >= 11 is 0. The summed E-state index contributed by atoms with van der Waals surface area (Å²) in [6, 6.07) is -0.196. The molecule has 1 saturated heterocycles. The molecule has 0 aliphatic carbocycles. The predicted octanol–water partition coefficient (Wildman–Crippen LogP) is -0.648. The van der Waals surface area contributed by atoms with Crippen LogP contribution in [0.1, 0.15) is 19.8 Å². The van der Waals surface area contributed by atoms with Crippen molar-refractivity contribution in [1.82, 2.24) is 10.2 Å². The fourth-order valence-electron chi connectivity index (χ4n) is 1.64. The van der Waals surface area contributed by atoms with Crippen molar-refractivity contribution in [3.63, 3.8) is 0 Å². The Bertz CT molecular complexity index is 251. The van der Waals surface area contributed by atoms with Crippen molar-refractivity contribution >= 4 is 11.8 Å². The van der Waals surface area contributed by atoms with Gasteiger partial charge in [-0.25, -0.2) is 0 Å². The summed E-state index contributed by atoms with van der Waals surface area (Å²) in [5.74, 6) is -0.385. The second-order valence-electron chi connectivity index (χ2n) is 3.97. The molecule has 5 nitrogen and oxygen atoms in total. The number of likely N-dealkylation sites (tertiary alicyclic amines) is 1. The first-order chi connectivity index (χ1) is 7.08. The maximum absolute atomic E-state index is 11.7. The van der Waals surface area contributed by atoms with E-state index in [9.17, 15) is 9.59 Å². The summed E-state index contributed by atoms with van der Waals surface area (Å²) in [6.45, 7) is 2.32. The molecule has 2 N–H and O–H groups in total. The normalized spacial score (nSPS) is 23.0. The molecule has 0 spiro atoms. The van der Waals surface area contributed by atoms with Crippen LogP contribution in [0.15, 0.2) is 0 Å². The number of aliphatic hydroxyl groups excluding tert-OH is 1. The van der Waals surface area contributed by atoms with Crippen LogP contribution in [-0.4, -0.2) is 48.1 Å². The highest BCUT2D eigenvalue weighted by Crippen LogP contribution is 2.16. The van der Waals surface area contributed by atoms with Crippen LogP contribution in [0, 0.1) is 5.92 Å². The van der Waals surface area contributed by atoms with Gasteiger partial charge in [0.15, 0.2) is 0 Å². The van der Waals surface area contributed by atoms with Crippen molar-refractivity contribution in [2.45, 2.75) is 25.8 Å². The Morgan fingerprint density at radius 3 is 2.80 bits per heavy atom. The van der Waals surface area contributed by atoms with Gasteiger partial charge in [-0.05, 0) is 6.42 Å². The van der Waals surface area contributed by atoms with E-state index >= 15 is 0 Å². The lowest BCUT2D eigenvalue weighted by atomic mass is 10.1. The van der Waals surface area contributed by atoms with Gasteiger partial charge in [-0.2, -0.15) is 0 Å². The SMILES string of the molecule is CCC(CO)NC(=O)C1CC(=O)N(C)C1. The molecule has 0 radical (unpaired) electrons. The minimum Gasteiger partial charge on any atom is -0.394 e. The van der Waals surface area contributed by atoms with E-state index in [4.69, 9.17) is 5.11 Å². The monoisotopic (exact) mass is 214 g/mol. The zero-order chi connectivity index (χ0) is 11.4. The summed E-state index contributed by atoms with van der Waals surface area (Å²) in [5.41, 5.74) is 0. The molecule has 1 heterocycles. The Kier molecular flexibility index (Phi) is 4.08. The number of rotatable bonds is 4. The number of hydrogen-bond donors (Lipinski definition) is 2. The van der Waals surface area contributed by atoms with E-state index in [0.29, 0.717) is 13.0 Å². The Morgan fingerprint density at radius 2 is 2.40 bits per heavy atom. The van der Waals surface area contributed by atoms with Gasteiger partial charge in [-0.1, -0.05) is 6.92 Å². The number of nitrogens with one attached hydrogen (secondary N) is 1. The molecule has 15 heavy (non-hydrogen) atoms. The first kappa shape index (κ1) is 12.0. The number of carbonyl (C=O) groups excluding carboxylic acids is 2. The molecule has 1 aliphatic rings. The van der Waals surface area contributed by atoms with Crippen LogP contribution in [0.2, 0.25) is 0 Å². The van der Waals surface area contributed by atoms with Crippen molar-refractivity contribution in [2.24, 2.45) is 5.92 Å². The molecule has 0 aromatic heterocycles. The second-order valence-corrected chi connectivity index (χ2v) is 3.97. The number of nitrogens with zero attached hydrogens (tertiary/aromatic N) is 1. The summed E-state index contributed by atoms with van der Waals surface area (Å²) in [7, 11) is 1.69. The van der Waals surface area contributed by atoms with Gasteiger partial charge in [0.05, 0.1) is 18.6 Å². The highest BCUT2D eigenvalue weighted by Gasteiger charge is 2.32. The van der Waals surface area contributed by atoms with Crippen LogP contribution in [0.5, 0.6) is 0 Å². The van der Waals surface area contributed by atoms with E-state index < -0.39 is 0 Å². The molecule has 1 rings (SSSR count). The molecule has 5 heteroatoms. The third-order valence-electron chi connectivity index (χ3n) is 2.77. The van der Waals surface area contributed by atoms with Crippen LogP contribution in [0.3, 0.4) is 0 Å².